The molecular formula is C22H25NO6. The quantitative estimate of drug-likeness (QED) is 0.664. The average molecular weight is 399 g/mol. The van der Waals surface area contributed by atoms with Crippen LogP contribution in [-0.2, 0) is 11.2 Å². The second kappa shape index (κ2) is 9.34. The maximum absolute atomic E-state index is 12.2. The fourth-order valence-electron chi connectivity index (χ4n) is 3.16. The summed E-state index contributed by atoms with van der Waals surface area (Å²) in [5.41, 5.74) is 2.55. The molecule has 0 aliphatic carbocycles. The zero-order chi connectivity index (χ0) is 20.8. The second-order valence-corrected chi connectivity index (χ2v) is 6.52. The largest absolute Gasteiger partial charge is 0.493 e. The zero-order valence-electron chi connectivity index (χ0n) is 16.7. The van der Waals surface area contributed by atoms with Crippen molar-refractivity contribution in [2.45, 2.75) is 12.5 Å². The first-order chi connectivity index (χ1) is 14.0. The van der Waals surface area contributed by atoms with Crippen LogP contribution in [0.2, 0.25) is 0 Å². The number of aliphatic hydroxyl groups is 1. The molecule has 0 saturated heterocycles. The van der Waals surface area contributed by atoms with Gasteiger partial charge in [0.15, 0.2) is 11.5 Å². The Bertz CT molecular complexity index is 883. The fraction of sp³-hybridized carbons (Fsp3) is 0.318. The Morgan fingerprint density at radius 1 is 1.17 bits per heavy atom. The van der Waals surface area contributed by atoms with Crippen LogP contribution in [0, 0.1) is 0 Å². The van der Waals surface area contributed by atoms with Crippen molar-refractivity contribution >= 4 is 12.0 Å². The van der Waals surface area contributed by atoms with Gasteiger partial charge in [-0.1, -0.05) is 6.07 Å². The van der Waals surface area contributed by atoms with Gasteiger partial charge in [-0.25, -0.2) is 0 Å². The van der Waals surface area contributed by atoms with Gasteiger partial charge in [0, 0.05) is 19.0 Å². The topological polar surface area (TPSA) is 86.3 Å². The lowest BCUT2D eigenvalue weighted by molar-refractivity contribution is -0.116. The molecule has 1 aliphatic heterocycles. The highest BCUT2D eigenvalue weighted by Gasteiger charge is 2.16. The van der Waals surface area contributed by atoms with Crippen LogP contribution in [0.3, 0.4) is 0 Å². The van der Waals surface area contributed by atoms with Gasteiger partial charge in [0.1, 0.15) is 5.75 Å². The fourth-order valence-corrected chi connectivity index (χ4v) is 3.16. The van der Waals surface area contributed by atoms with E-state index < -0.39 is 6.10 Å². The summed E-state index contributed by atoms with van der Waals surface area (Å²) in [5, 5.41) is 13.1. The molecular weight excluding hydrogens is 374 g/mol. The number of ether oxygens (including phenoxy) is 4. The Morgan fingerprint density at radius 2 is 1.90 bits per heavy atom. The van der Waals surface area contributed by atoms with Gasteiger partial charge in [0.2, 0.25) is 11.7 Å². The first kappa shape index (κ1) is 20.5. The number of rotatable bonds is 8. The van der Waals surface area contributed by atoms with Crippen molar-refractivity contribution < 1.29 is 28.8 Å². The van der Waals surface area contributed by atoms with Gasteiger partial charge in [-0.3, -0.25) is 4.79 Å². The standard InChI is InChI=1S/C22H25NO6/c1-26-19-10-14(11-20(27-2)22(19)28-3)4-7-21(25)23-13-17(24)15-5-6-18-16(12-15)8-9-29-18/h4-7,10-12,17,24H,8-9,13H2,1-3H3,(H,23,25)/b7-4+. The normalized spacial score (nSPS) is 13.5. The van der Waals surface area contributed by atoms with Crippen LogP contribution in [0.25, 0.3) is 6.08 Å². The molecule has 7 nitrogen and oxygen atoms in total. The van der Waals surface area contributed by atoms with E-state index in [1.54, 1.807) is 18.2 Å². The summed E-state index contributed by atoms with van der Waals surface area (Å²) in [5.74, 6) is 2.03. The predicted octanol–water partition coefficient (Wildman–Crippen LogP) is 2.51. The van der Waals surface area contributed by atoms with Gasteiger partial charge in [-0.2, -0.15) is 0 Å². The predicted molar refractivity (Wildman–Crippen MR) is 109 cm³/mol. The van der Waals surface area contributed by atoms with Crippen LogP contribution >= 0.6 is 0 Å². The lowest BCUT2D eigenvalue weighted by Crippen LogP contribution is -2.26. The van der Waals surface area contributed by atoms with Crippen LogP contribution in [-0.4, -0.2) is 45.5 Å². The van der Waals surface area contributed by atoms with Crippen molar-refractivity contribution in [3.05, 3.63) is 53.1 Å². The van der Waals surface area contributed by atoms with E-state index in [0.29, 0.717) is 29.4 Å². The van der Waals surface area contributed by atoms with E-state index in [0.717, 1.165) is 23.3 Å². The maximum atomic E-state index is 12.2. The van der Waals surface area contributed by atoms with Gasteiger partial charge in [0.05, 0.1) is 34.0 Å². The third-order valence-electron chi connectivity index (χ3n) is 4.68. The summed E-state index contributed by atoms with van der Waals surface area (Å²) in [6.45, 7) is 0.773. The molecule has 154 valence electrons. The molecule has 1 atom stereocenters. The highest BCUT2D eigenvalue weighted by molar-refractivity contribution is 5.91. The molecule has 0 fully saturated rings. The molecule has 1 unspecified atom stereocenters. The Labute approximate surface area is 169 Å². The summed E-state index contributed by atoms with van der Waals surface area (Å²) in [6, 6.07) is 9.07. The number of nitrogens with one attached hydrogen (secondary N) is 1. The van der Waals surface area contributed by atoms with Gasteiger partial charge in [-0.15, -0.1) is 0 Å². The van der Waals surface area contributed by atoms with Crippen LogP contribution in [0.15, 0.2) is 36.4 Å². The number of carbonyl (C=O) groups excluding carboxylic acids is 1. The van der Waals surface area contributed by atoms with Crippen molar-refractivity contribution in [3.8, 4) is 23.0 Å². The second-order valence-electron chi connectivity index (χ2n) is 6.52. The molecule has 0 radical (unpaired) electrons. The SMILES string of the molecule is COc1cc(/C=C/C(=O)NCC(O)c2ccc3c(c2)CCO3)cc(OC)c1OC. The first-order valence-corrected chi connectivity index (χ1v) is 9.25. The highest BCUT2D eigenvalue weighted by atomic mass is 16.5. The minimum atomic E-state index is -0.792. The number of benzene rings is 2. The number of carbonyl (C=O) groups is 1. The molecule has 2 aromatic carbocycles. The minimum Gasteiger partial charge on any atom is -0.493 e. The molecule has 1 heterocycles. The van der Waals surface area contributed by atoms with E-state index in [-0.39, 0.29) is 12.5 Å². The minimum absolute atomic E-state index is 0.109. The smallest absolute Gasteiger partial charge is 0.244 e. The van der Waals surface area contributed by atoms with Crippen molar-refractivity contribution in [1.82, 2.24) is 5.32 Å². The van der Waals surface area contributed by atoms with Crippen LogP contribution in [0.4, 0.5) is 0 Å². The van der Waals surface area contributed by atoms with E-state index in [9.17, 15) is 9.90 Å². The van der Waals surface area contributed by atoms with Crippen molar-refractivity contribution in [2.75, 3.05) is 34.5 Å². The first-order valence-electron chi connectivity index (χ1n) is 9.25. The number of fused-ring (bicyclic) bond motifs is 1. The molecule has 0 spiro atoms. The average Bonchev–Trinajstić information content (AvgIpc) is 3.22. The molecule has 2 aromatic rings. The summed E-state index contributed by atoms with van der Waals surface area (Å²) < 4.78 is 21.4. The third kappa shape index (κ3) is 4.81. The van der Waals surface area contributed by atoms with E-state index >= 15 is 0 Å². The summed E-state index contributed by atoms with van der Waals surface area (Å²) in [7, 11) is 4.59. The molecule has 29 heavy (non-hydrogen) atoms. The van der Waals surface area contributed by atoms with Gasteiger partial charge < -0.3 is 29.4 Å². The molecule has 0 aromatic heterocycles. The molecule has 0 saturated carbocycles. The Hall–Kier alpha value is -3.19. The van der Waals surface area contributed by atoms with Crippen molar-refractivity contribution in [3.63, 3.8) is 0 Å². The summed E-state index contributed by atoms with van der Waals surface area (Å²) in [4.78, 5) is 12.2. The number of methoxy groups -OCH3 is 3. The van der Waals surface area contributed by atoms with E-state index in [2.05, 4.69) is 5.32 Å². The number of aliphatic hydroxyl groups excluding tert-OH is 1. The number of amides is 1. The number of hydrogen-bond acceptors (Lipinski definition) is 6. The molecule has 0 bridgehead atoms. The van der Waals surface area contributed by atoms with Gasteiger partial charge >= 0.3 is 0 Å². The van der Waals surface area contributed by atoms with E-state index in [4.69, 9.17) is 18.9 Å². The van der Waals surface area contributed by atoms with Crippen LogP contribution in [0.5, 0.6) is 23.0 Å². The third-order valence-corrected chi connectivity index (χ3v) is 4.68. The Balaban J connectivity index is 1.61. The Kier molecular flexibility index (Phi) is 6.61. The van der Waals surface area contributed by atoms with Gasteiger partial charge in [0.25, 0.3) is 0 Å². The molecule has 2 N–H and O–H groups in total. The Morgan fingerprint density at radius 3 is 2.55 bits per heavy atom. The molecule has 1 amide bonds. The summed E-state index contributed by atoms with van der Waals surface area (Å²) in [6.07, 6.45) is 3.07. The van der Waals surface area contributed by atoms with Crippen LogP contribution in [0.1, 0.15) is 22.8 Å². The maximum Gasteiger partial charge on any atom is 0.244 e. The zero-order valence-corrected chi connectivity index (χ0v) is 16.7. The van der Waals surface area contributed by atoms with Crippen molar-refractivity contribution in [2.24, 2.45) is 0 Å². The van der Waals surface area contributed by atoms with Crippen LogP contribution < -0.4 is 24.3 Å². The lowest BCUT2D eigenvalue weighted by Gasteiger charge is -2.13. The highest BCUT2D eigenvalue weighted by Crippen LogP contribution is 2.38. The lowest BCUT2D eigenvalue weighted by atomic mass is 10.0. The van der Waals surface area contributed by atoms with E-state index in [1.807, 2.05) is 18.2 Å². The van der Waals surface area contributed by atoms with Gasteiger partial charge in [-0.05, 0) is 47.0 Å². The van der Waals surface area contributed by atoms with E-state index in [1.165, 1.54) is 27.4 Å². The molecule has 3 rings (SSSR count). The van der Waals surface area contributed by atoms with Crippen molar-refractivity contribution in [1.29, 1.82) is 0 Å². The summed E-state index contributed by atoms with van der Waals surface area (Å²) >= 11 is 0. The molecule has 7 heteroatoms. The molecule has 1 aliphatic rings. The number of hydrogen-bond donors (Lipinski definition) is 2. The monoisotopic (exact) mass is 399 g/mol.